The van der Waals surface area contributed by atoms with E-state index in [2.05, 4.69) is 61.4 Å². The van der Waals surface area contributed by atoms with Gasteiger partial charge in [-0.2, -0.15) is 0 Å². The Morgan fingerprint density at radius 1 is 1.03 bits per heavy atom. The van der Waals surface area contributed by atoms with Gasteiger partial charge in [0.25, 0.3) is 0 Å². The van der Waals surface area contributed by atoms with Crippen molar-refractivity contribution in [2.45, 2.75) is 12.6 Å². The summed E-state index contributed by atoms with van der Waals surface area (Å²) in [6.07, 6.45) is 7.52. The van der Waals surface area contributed by atoms with Crippen molar-refractivity contribution in [3.8, 4) is 17.0 Å². The molecule has 0 unspecified atom stereocenters. The molecule has 1 atom stereocenters. The molecule has 158 valence electrons. The molecule has 4 aromatic rings. The van der Waals surface area contributed by atoms with Crippen LogP contribution in [0.15, 0.2) is 61.2 Å². The largest absolute Gasteiger partial charge is 0.481 e. The first kappa shape index (κ1) is 19.6. The second-order valence-corrected chi connectivity index (χ2v) is 7.90. The molecule has 8 nitrogen and oxygen atoms in total. The zero-order valence-electron chi connectivity index (χ0n) is 17.7. The van der Waals surface area contributed by atoms with Crippen LogP contribution in [-0.4, -0.2) is 68.4 Å². The Hall–Kier alpha value is -3.36. The number of likely N-dealkylation sites (N-methyl/N-ethyl adjacent to an activating group) is 1. The number of hydrogen-bond donors (Lipinski definition) is 0. The molecule has 8 heteroatoms. The minimum atomic E-state index is 0.196. The molecule has 1 aliphatic heterocycles. The molecule has 5 heterocycles. The van der Waals surface area contributed by atoms with Crippen molar-refractivity contribution in [3.63, 3.8) is 0 Å². The molecular weight excluding hydrogens is 390 g/mol. The van der Waals surface area contributed by atoms with Gasteiger partial charge in [0.1, 0.15) is 5.69 Å². The summed E-state index contributed by atoms with van der Waals surface area (Å²) in [5, 5.41) is 9.00. The number of ether oxygens (including phenoxy) is 1. The topological polar surface area (TPSA) is 71.7 Å². The van der Waals surface area contributed by atoms with Gasteiger partial charge in [0.15, 0.2) is 0 Å². The SMILES string of the molecule is COc1ccc(-c2ccc3c([C@@H]4CN(Cc5ccncc5)CCN4C)nnn3c2)cn1. The van der Waals surface area contributed by atoms with E-state index in [1.165, 1.54) is 5.56 Å². The molecule has 31 heavy (non-hydrogen) atoms. The van der Waals surface area contributed by atoms with Crippen LogP contribution in [0.25, 0.3) is 16.6 Å². The maximum absolute atomic E-state index is 5.15. The van der Waals surface area contributed by atoms with Crippen LogP contribution < -0.4 is 4.74 Å². The number of aromatic nitrogens is 5. The first-order valence-corrected chi connectivity index (χ1v) is 10.4. The van der Waals surface area contributed by atoms with E-state index >= 15 is 0 Å². The van der Waals surface area contributed by atoms with Gasteiger partial charge in [0.05, 0.1) is 18.7 Å². The van der Waals surface area contributed by atoms with E-state index in [1.807, 2.05) is 41.4 Å². The maximum atomic E-state index is 5.15. The molecule has 0 amide bonds. The first-order valence-electron chi connectivity index (χ1n) is 10.4. The van der Waals surface area contributed by atoms with Crippen LogP contribution in [0.2, 0.25) is 0 Å². The number of hydrogen-bond acceptors (Lipinski definition) is 7. The predicted molar refractivity (Wildman–Crippen MR) is 118 cm³/mol. The van der Waals surface area contributed by atoms with E-state index in [4.69, 9.17) is 4.74 Å². The Morgan fingerprint density at radius 2 is 1.87 bits per heavy atom. The molecule has 1 fully saturated rings. The molecule has 5 rings (SSSR count). The standard InChI is InChI=1S/C23H25N7O/c1-28-11-12-29(14-17-7-9-24-10-8-17)16-21(28)23-20-5-3-19(15-30(20)27-26-23)18-4-6-22(31-2)25-13-18/h3-10,13,15,21H,11-12,14,16H2,1-2H3/t21-/m0/s1. The van der Waals surface area contributed by atoms with Crippen molar-refractivity contribution < 1.29 is 4.74 Å². The average Bonchev–Trinajstić information content (AvgIpc) is 3.24. The van der Waals surface area contributed by atoms with E-state index in [9.17, 15) is 0 Å². The quantitative estimate of drug-likeness (QED) is 0.496. The van der Waals surface area contributed by atoms with Crippen molar-refractivity contribution in [2.75, 3.05) is 33.8 Å². The number of nitrogens with zero attached hydrogens (tertiary/aromatic N) is 7. The third-order valence-electron chi connectivity index (χ3n) is 5.92. The Morgan fingerprint density at radius 3 is 2.65 bits per heavy atom. The molecule has 4 aromatic heterocycles. The van der Waals surface area contributed by atoms with Crippen LogP contribution in [0.1, 0.15) is 17.3 Å². The number of piperazine rings is 1. The van der Waals surface area contributed by atoms with Crippen molar-refractivity contribution in [3.05, 3.63) is 72.4 Å². The van der Waals surface area contributed by atoms with Gasteiger partial charge in [0.2, 0.25) is 5.88 Å². The van der Waals surface area contributed by atoms with Gasteiger partial charge in [-0.25, -0.2) is 9.50 Å². The van der Waals surface area contributed by atoms with Gasteiger partial charge < -0.3 is 4.74 Å². The molecule has 0 aliphatic carbocycles. The molecule has 0 aromatic carbocycles. The van der Waals surface area contributed by atoms with Crippen LogP contribution >= 0.6 is 0 Å². The lowest BCUT2D eigenvalue weighted by Gasteiger charge is -2.38. The number of pyridine rings is 3. The summed E-state index contributed by atoms with van der Waals surface area (Å²) >= 11 is 0. The third kappa shape index (κ3) is 3.99. The highest BCUT2D eigenvalue weighted by Crippen LogP contribution is 2.28. The van der Waals surface area contributed by atoms with Crippen molar-refractivity contribution >= 4 is 5.52 Å². The molecule has 0 N–H and O–H groups in total. The summed E-state index contributed by atoms with van der Waals surface area (Å²) < 4.78 is 7.02. The average molecular weight is 416 g/mol. The molecule has 0 radical (unpaired) electrons. The van der Waals surface area contributed by atoms with Crippen LogP contribution in [0.5, 0.6) is 5.88 Å². The molecule has 0 saturated carbocycles. The fourth-order valence-corrected chi connectivity index (χ4v) is 4.11. The van der Waals surface area contributed by atoms with E-state index in [-0.39, 0.29) is 6.04 Å². The highest BCUT2D eigenvalue weighted by Gasteiger charge is 2.29. The lowest BCUT2D eigenvalue weighted by atomic mass is 10.1. The van der Waals surface area contributed by atoms with Crippen LogP contribution in [-0.2, 0) is 6.54 Å². The fourth-order valence-electron chi connectivity index (χ4n) is 4.11. The zero-order valence-corrected chi connectivity index (χ0v) is 17.7. The van der Waals surface area contributed by atoms with Crippen LogP contribution in [0, 0.1) is 0 Å². The van der Waals surface area contributed by atoms with Crippen LogP contribution in [0.4, 0.5) is 0 Å². The van der Waals surface area contributed by atoms with Crippen molar-refractivity contribution in [2.24, 2.45) is 0 Å². The van der Waals surface area contributed by atoms with Crippen molar-refractivity contribution in [1.82, 2.24) is 34.6 Å². The second kappa shape index (κ2) is 8.41. The first-order chi connectivity index (χ1) is 15.2. The molecule has 1 saturated heterocycles. The smallest absolute Gasteiger partial charge is 0.212 e. The summed E-state index contributed by atoms with van der Waals surface area (Å²) in [6, 6.07) is 12.4. The Balaban J connectivity index is 1.39. The predicted octanol–water partition coefficient (Wildman–Crippen LogP) is 2.68. The van der Waals surface area contributed by atoms with E-state index in [1.54, 1.807) is 7.11 Å². The summed E-state index contributed by atoms with van der Waals surface area (Å²) in [6.45, 7) is 3.85. The summed E-state index contributed by atoms with van der Waals surface area (Å²) in [7, 11) is 3.78. The lowest BCUT2D eigenvalue weighted by molar-refractivity contribution is 0.0889. The number of rotatable bonds is 5. The van der Waals surface area contributed by atoms with Gasteiger partial charge in [-0.15, -0.1) is 5.10 Å². The van der Waals surface area contributed by atoms with Gasteiger partial charge in [-0.1, -0.05) is 11.3 Å². The minimum absolute atomic E-state index is 0.196. The third-order valence-corrected chi connectivity index (χ3v) is 5.92. The summed E-state index contributed by atoms with van der Waals surface area (Å²) in [5.74, 6) is 0.601. The maximum Gasteiger partial charge on any atom is 0.212 e. The highest BCUT2D eigenvalue weighted by molar-refractivity contribution is 5.66. The summed E-state index contributed by atoms with van der Waals surface area (Å²) in [4.78, 5) is 13.3. The number of fused-ring (bicyclic) bond motifs is 1. The Labute approximate surface area is 181 Å². The normalized spacial score (nSPS) is 17.8. The van der Waals surface area contributed by atoms with E-state index in [0.29, 0.717) is 5.88 Å². The van der Waals surface area contributed by atoms with Gasteiger partial charge >= 0.3 is 0 Å². The van der Waals surface area contributed by atoms with Crippen molar-refractivity contribution in [1.29, 1.82) is 0 Å². The molecule has 0 spiro atoms. The minimum Gasteiger partial charge on any atom is -0.481 e. The molecule has 0 bridgehead atoms. The highest BCUT2D eigenvalue weighted by atomic mass is 16.5. The fraction of sp³-hybridized carbons (Fsp3) is 0.304. The van der Waals surface area contributed by atoms with Crippen LogP contribution in [0.3, 0.4) is 0 Å². The van der Waals surface area contributed by atoms with E-state index < -0.39 is 0 Å². The zero-order chi connectivity index (χ0) is 21.2. The van der Waals surface area contributed by atoms with Gasteiger partial charge in [-0.3, -0.25) is 14.8 Å². The second-order valence-electron chi connectivity index (χ2n) is 7.90. The lowest BCUT2D eigenvalue weighted by Crippen LogP contribution is -2.46. The van der Waals surface area contributed by atoms with E-state index in [0.717, 1.165) is 48.5 Å². The molecular formula is C23H25N7O. The number of methoxy groups -OCH3 is 1. The molecule has 1 aliphatic rings. The Bertz CT molecular complexity index is 1160. The van der Waals surface area contributed by atoms with Gasteiger partial charge in [-0.05, 0) is 36.9 Å². The Kier molecular flexibility index (Phi) is 5.31. The van der Waals surface area contributed by atoms with Gasteiger partial charge in [0, 0.05) is 68.2 Å². The summed E-state index contributed by atoms with van der Waals surface area (Å²) in [5.41, 5.74) is 5.38. The monoisotopic (exact) mass is 415 g/mol.